The van der Waals surface area contributed by atoms with Gasteiger partial charge in [0.2, 0.25) is 0 Å². The normalized spacial score (nSPS) is 12.2. The quantitative estimate of drug-likeness (QED) is 0.907. The molecule has 0 aliphatic rings. The molecule has 0 aliphatic carbocycles. The van der Waals surface area contributed by atoms with E-state index in [0.717, 1.165) is 28.3 Å². The Hall–Kier alpha value is -2.01. The second-order valence-corrected chi connectivity index (χ2v) is 4.64. The standard InChI is InChI=1S/C15H21N3O2/c1-10-13(9-17-18(10)3)15(16-2)12-7-6-11(19-4)8-14(12)20-5/h6-9,15-16H,1-5H3. The van der Waals surface area contributed by atoms with Gasteiger partial charge >= 0.3 is 0 Å². The molecule has 108 valence electrons. The third-order valence-corrected chi connectivity index (χ3v) is 3.62. The number of benzene rings is 1. The van der Waals surface area contributed by atoms with Crippen LogP contribution in [-0.2, 0) is 7.05 Å². The van der Waals surface area contributed by atoms with Gasteiger partial charge in [-0.2, -0.15) is 5.10 Å². The highest BCUT2D eigenvalue weighted by Crippen LogP contribution is 2.33. The van der Waals surface area contributed by atoms with Crippen molar-refractivity contribution in [2.24, 2.45) is 7.05 Å². The van der Waals surface area contributed by atoms with E-state index in [1.54, 1.807) is 14.2 Å². The summed E-state index contributed by atoms with van der Waals surface area (Å²) >= 11 is 0. The Kier molecular flexibility index (Phi) is 4.29. The highest BCUT2D eigenvalue weighted by molar-refractivity contribution is 5.46. The van der Waals surface area contributed by atoms with E-state index >= 15 is 0 Å². The molecule has 1 atom stereocenters. The number of hydrogen-bond acceptors (Lipinski definition) is 4. The first-order chi connectivity index (χ1) is 9.62. The minimum absolute atomic E-state index is 0.0320. The number of methoxy groups -OCH3 is 2. The number of hydrogen-bond donors (Lipinski definition) is 1. The maximum absolute atomic E-state index is 5.49. The molecule has 0 saturated heterocycles. The lowest BCUT2D eigenvalue weighted by atomic mass is 9.98. The van der Waals surface area contributed by atoms with E-state index < -0.39 is 0 Å². The van der Waals surface area contributed by atoms with E-state index in [9.17, 15) is 0 Å². The molecular weight excluding hydrogens is 254 g/mol. The largest absolute Gasteiger partial charge is 0.497 e. The fourth-order valence-corrected chi connectivity index (χ4v) is 2.33. The van der Waals surface area contributed by atoms with Crippen LogP contribution < -0.4 is 14.8 Å². The van der Waals surface area contributed by atoms with Crippen molar-refractivity contribution in [3.05, 3.63) is 41.2 Å². The molecule has 1 unspecified atom stereocenters. The molecule has 0 amide bonds. The Labute approximate surface area is 119 Å². The van der Waals surface area contributed by atoms with Crippen LogP contribution in [0.15, 0.2) is 24.4 Å². The monoisotopic (exact) mass is 275 g/mol. The van der Waals surface area contributed by atoms with E-state index in [0.29, 0.717) is 0 Å². The van der Waals surface area contributed by atoms with Gasteiger partial charge in [0.15, 0.2) is 0 Å². The predicted octanol–water partition coefficient (Wildman–Crippen LogP) is 2.05. The summed E-state index contributed by atoms with van der Waals surface area (Å²) < 4.78 is 12.6. The summed E-state index contributed by atoms with van der Waals surface area (Å²) in [5.74, 6) is 1.58. The molecule has 0 bridgehead atoms. The molecule has 0 aliphatic heterocycles. The fourth-order valence-electron chi connectivity index (χ4n) is 2.33. The summed E-state index contributed by atoms with van der Waals surface area (Å²) in [6.07, 6.45) is 1.89. The Balaban J connectivity index is 2.49. The zero-order valence-electron chi connectivity index (χ0n) is 12.6. The summed E-state index contributed by atoms with van der Waals surface area (Å²) in [6, 6.07) is 5.88. The smallest absolute Gasteiger partial charge is 0.127 e. The van der Waals surface area contributed by atoms with Gasteiger partial charge in [-0.1, -0.05) is 0 Å². The van der Waals surface area contributed by atoms with Gasteiger partial charge in [0, 0.05) is 29.9 Å². The lowest BCUT2D eigenvalue weighted by molar-refractivity contribution is 0.388. The van der Waals surface area contributed by atoms with Crippen molar-refractivity contribution in [2.45, 2.75) is 13.0 Å². The van der Waals surface area contributed by atoms with Crippen LogP contribution in [0.5, 0.6) is 11.5 Å². The van der Waals surface area contributed by atoms with Crippen LogP contribution in [0, 0.1) is 6.92 Å². The minimum Gasteiger partial charge on any atom is -0.497 e. The van der Waals surface area contributed by atoms with Crippen molar-refractivity contribution in [1.29, 1.82) is 0 Å². The average molecular weight is 275 g/mol. The van der Waals surface area contributed by atoms with Crippen LogP contribution >= 0.6 is 0 Å². The highest BCUT2D eigenvalue weighted by Gasteiger charge is 2.20. The molecule has 1 aromatic carbocycles. The lowest BCUT2D eigenvalue weighted by Gasteiger charge is -2.20. The van der Waals surface area contributed by atoms with Crippen LogP contribution in [-0.4, -0.2) is 31.0 Å². The number of ether oxygens (including phenoxy) is 2. The third kappa shape index (κ3) is 2.49. The molecule has 5 nitrogen and oxygen atoms in total. The van der Waals surface area contributed by atoms with E-state index in [1.165, 1.54) is 0 Å². The van der Waals surface area contributed by atoms with Gasteiger partial charge < -0.3 is 14.8 Å². The van der Waals surface area contributed by atoms with Crippen LogP contribution in [0.2, 0.25) is 0 Å². The SMILES string of the molecule is CNC(c1ccc(OC)cc1OC)c1cnn(C)c1C. The highest BCUT2D eigenvalue weighted by atomic mass is 16.5. The topological polar surface area (TPSA) is 48.3 Å². The van der Waals surface area contributed by atoms with Crippen molar-refractivity contribution in [3.63, 3.8) is 0 Å². The molecule has 0 spiro atoms. The van der Waals surface area contributed by atoms with Gasteiger partial charge in [-0.3, -0.25) is 4.68 Å². The Morgan fingerprint density at radius 2 is 1.95 bits per heavy atom. The minimum atomic E-state index is 0.0320. The zero-order valence-corrected chi connectivity index (χ0v) is 12.6. The van der Waals surface area contributed by atoms with Gasteiger partial charge in [0.05, 0.1) is 26.5 Å². The molecule has 1 heterocycles. The second-order valence-electron chi connectivity index (χ2n) is 4.64. The van der Waals surface area contributed by atoms with Crippen molar-refractivity contribution < 1.29 is 9.47 Å². The third-order valence-electron chi connectivity index (χ3n) is 3.62. The summed E-state index contributed by atoms with van der Waals surface area (Å²) in [6.45, 7) is 2.06. The number of aryl methyl sites for hydroxylation is 1. The molecule has 1 N–H and O–H groups in total. The van der Waals surface area contributed by atoms with E-state index in [-0.39, 0.29) is 6.04 Å². The van der Waals surface area contributed by atoms with Crippen LogP contribution in [0.4, 0.5) is 0 Å². The van der Waals surface area contributed by atoms with Crippen molar-refractivity contribution in [2.75, 3.05) is 21.3 Å². The summed E-state index contributed by atoms with van der Waals surface area (Å²) in [5, 5.41) is 7.64. The molecule has 1 aromatic heterocycles. The van der Waals surface area contributed by atoms with Crippen LogP contribution in [0.1, 0.15) is 22.9 Å². The first kappa shape index (κ1) is 14.4. The predicted molar refractivity (Wildman–Crippen MR) is 78.4 cm³/mol. The Morgan fingerprint density at radius 1 is 1.20 bits per heavy atom. The molecule has 2 rings (SSSR count). The molecule has 5 heteroatoms. The average Bonchev–Trinajstić information content (AvgIpc) is 2.80. The molecule has 0 fully saturated rings. The molecule has 2 aromatic rings. The molecule has 0 saturated carbocycles. The van der Waals surface area contributed by atoms with Crippen molar-refractivity contribution >= 4 is 0 Å². The zero-order chi connectivity index (χ0) is 14.7. The summed E-state index contributed by atoms with van der Waals surface area (Å²) in [5.41, 5.74) is 3.33. The lowest BCUT2D eigenvalue weighted by Crippen LogP contribution is -2.19. The first-order valence-electron chi connectivity index (χ1n) is 6.50. The molecule has 0 radical (unpaired) electrons. The summed E-state index contributed by atoms with van der Waals surface area (Å²) in [4.78, 5) is 0. The van der Waals surface area contributed by atoms with Gasteiger partial charge in [-0.15, -0.1) is 0 Å². The van der Waals surface area contributed by atoms with E-state index in [2.05, 4.69) is 17.3 Å². The number of nitrogens with zero attached hydrogens (tertiary/aromatic N) is 2. The Morgan fingerprint density at radius 3 is 2.45 bits per heavy atom. The summed E-state index contributed by atoms with van der Waals surface area (Å²) in [7, 11) is 7.19. The number of rotatable bonds is 5. The fraction of sp³-hybridized carbons (Fsp3) is 0.400. The van der Waals surface area contributed by atoms with Crippen molar-refractivity contribution in [1.82, 2.24) is 15.1 Å². The van der Waals surface area contributed by atoms with Gasteiger partial charge in [-0.25, -0.2) is 0 Å². The molecule has 20 heavy (non-hydrogen) atoms. The maximum atomic E-state index is 5.49. The number of aromatic nitrogens is 2. The first-order valence-corrected chi connectivity index (χ1v) is 6.50. The maximum Gasteiger partial charge on any atom is 0.127 e. The Bertz CT molecular complexity index is 593. The van der Waals surface area contributed by atoms with Gasteiger partial charge in [0.1, 0.15) is 11.5 Å². The van der Waals surface area contributed by atoms with Crippen LogP contribution in [0.3, 0.4) is 0 Å². The molecular formula is C15H21N3O2. The second kappa shape index (κ2) is 5.96. The van der Waals surface area contributed by atoms with Gasteiger partial charge in [-0.05, 0) is 26.1 Å². The van der Waals surface area contributed by atoms with Crippen LogP contribution in [0.25, 0.3) is 0 Å². The van der Waals surface area contributed by atoms with Crippen molar-refractivity contribution in [3.8, 4) is 11.5 Å². The van der Waals surface area contributed by atoms with E-state index in [4.69, 9.17) is 9.47 Å². The van der Waals surface area contributed by atoms with Gasteiger partial charge in [0.25, 0.3) is 0 Å². The number of nitrogens with one attached hydrogen (secondary N) is 1. The van der Waals surface area contributed by atoms with E-state index in [1.807, 2.05) is 43.2 Å².